The number of amides is 1. The monoisotopic (exact) mass is 495 g/mol. The Bertz CT molecular complexity index is 1090. The maximum Gasteiger partial charge on any atom is 0.238 e. The molecular weight excluding hydrogens is 458 g/mol. The molecule has 188 valence electrons. The van der Waals surface area contributed by atoms with E-state index >= 15 is 0 Å². The van der Waals surface area contributed by atoms with Crippen molar-refractivity contribution < 1.29 is 9.90 Å². The Morgan fingerprint density at radius 3 is 2.31 bits per heavy atom. The number of fused-ring (bicyclic) bond motifs is 1. The molecule has 1 fully saturated rings. The first kappa shape index (κ1) is 25.5. The fourth-order valence-electron chi connectivity index (χ4n) is 4.55. The van der Waals surface area contributed by atoms with E-state index in [1.54, 1.807) is 23.9 Å². The Labute approximate surface area is 212 Å². The first-order chi connectivity index (χ1) is 16.8. The number of phenolic OH excluding ortho intramolecular Hbond substituents is 1. The lowest BCUT2D eigenvalue weighted by Crippen LogP contribution is -2.49. The molecule has 0 spiro atoms. The molecule has 0 aliphatic carbocycles. The smallest absolute Gasteiger partial charge is 0.238 e. The minimum Gasteiger partial charge on any atom is -0.508 e. The molecule has 0 bridgehead atoms. The number of rotatable bonds is 9. The minimum absolute atomic E-state index is 0.00776. The summed E-state index contributed by atoms with van der Waals surface area (Å²) in [5.41, 5.74) is 4.91. The molecule has 7 nitrogen and oxygen atoms in total. The van der Waals surface area contributed by atoms with Crippen molar-refractivity contribution in [3.63, 3.8) is 0 Å². The van der Waals surface area contributed by atoms with E-state index in [-0.39, 0.29) is 23.5 Å². The molecule has 2 heterocycles. The molecule has 0 radical (unpaired) electrons. The fourth-order valence-corrected chi connectivity index (χ4v) is 5.44. The van der Waals surface area contributed by atoms with Crippen LogP contribution in [0.3, 0.4) is 0 Å². The molecule has 3 aromatic rings. The average Bonchev–Trinajstić information content (AvgIpc) is 3.23. The zero-order chi connectivity index (χ0) is 24.9. The Morgan fingerprint density at radius 1 is 1.06 bits per heavy atom. The maximum absolute atomic E-state index is 13.0. The van der Waals surface area contributed by atoms with E-state index in [1.807, 2.05) is 18.2 Å². The van der Waals surface area contributed by atoms with Gasteiger partial charge in [-0.3, -0.25) is 14.6 Å². The van der Waals surface area contributed by atoms with Gasteiger partial charge in [0.25, 0.3) is 0 Å². The van der Waals surface area contributed by atoms with E-state index in [1.165, 1.54) is 0 Å². The molecule has 8 heteroatoms. The predicted octanol–water partition coefficient (Wildman–Crippen LogP) is 4.86. The van der Waals surface area contributed by atoms with Gasteiger partial charge in [0.2, 0.25) is 5.91 Å². The summed E-state index contributed by atoms with van der Waals surface area (Å²) < 4.78 is 0. The van der Waals surface area contributed by atoms with Crippen LogP contribution in [0.4, 0.5) is 5.69 Å². The minimum atomic E-state index is 0.00776. The van der Waals surface area contributed by atoms with Crippen molar-refractivity contribution >= 4 is 34.4 Å². The number of anilines is 1. The summed E-state index contributed by atoms with van der Waals surface area (Å²) in [6.07, 6.45) is 0. The normalized spacial score (nSPS) is 15.4. The Kier molecular flexibility index (Phi) is 8.36. The summed E-state index contributed by atoms with van der Waals surface area (Å²) >= 11 is 1.76. The van der Waals surface area contributed by atoms with Crippen LogP contribution in [0.2, 0.25) is 0 Å². The van der Waals surface area contributed by atoms with Crippen LogP contribution in [0.15, 0.2) is 41.6 Å². The van der Waals surface area contributed by atoms with Crippen molar-refractivity contribution in [2.24, 2.45) is 0 Å². The van der Waals surface area contributed by atoms with Gasteiger partial charge in [0, 0.05) is 44.2 Å². The van der Waals surface area contributed by atoms with E-state index in [0.717, 1.165) is 71.5 Å². The summed E-state index contributed by atoms with van der Waals surface area (Å²) in [5.74, 6) is 1.65. The highest BCUT2D eigenvalue weighted by Gasteiger charge is 2.22. The number of carbonyl (C=O) groups is 1. The number of phenols is 1. The van der Waals surface area contributed by atoms with Crippen LogP contribution in [0.25, 0.3) is 11.0 Å². The van der Waals surface area contributed by atoms with E-state index in [9.17, 15) is 9.90 Å². The summed E-state index contributed by atoms with van der Waals surface area (Å²) in [5, 5.41) is 14.3. The van der Waals surface area contributed by atoms with Crippen molar-refractivity contribution in [3.05, 3.63) is 47.5 Å². The molecule has 35 heavy (non-hydrogen) atoms. The number of nitrogens with one attached hydrogen (secondary N) is 2. The van der Waals surface area contributed by atoms with Gasteiger partial charge < -0.3 is 15.4 Å². The number of aromatic nitrogens is 2. The van der Waals surface area contributed by atoms with Gasteiger partial charge in [-0.05, 0) is 47.2 Å². The number of aromatic hydroxyl groups is 1. The van der Waals surface area contributed by atoms with Crippen LogP contribution < -0.4 is 5.32 Å². The number of piperazine rings is 1. The van der Waals surface area contributed by atoms with Crippen LogP contribution >= 0.6 is 11.8 Å². The second-order valence-corrected chi connectivity index (χ2v) is 11.0. The van der Waals surface area contributed by atoms with E-state index in [4.69, 9.17) is 0 Å². The van der Waals surface area contributed by atoms with E-state index in [0.29, 0.717) is 6.54 Å². The van der Waals surface area contributed by atoms with Gasteiger partial charge in [0.1, 0.15) is 5.75 Å². The standard InChI is InChI=1S/C27H37N5O2S/c1-18(2)21-15-20(33)16-22(19(3)4)26(21)30-25(34)17-32-11-9-31(10-12-32)13-14-35-27-28-23-7-5-6-8-24(23)29-27/h5-8,15-16,18-19,33H,9-14,17H2,1-4H3,(H,28,29)(H,30,34). The van der Waals surface area contributed by atoms with Gasteiger partial charge in [-0.15, -0.1) is 0 Å². The first-order valence-corrected chi connectivity index (χ1v) is 13.5. The second kappa shape index (κ2) is 11.5. The highest BCUT2D eigenvalue weighted by molar-refractivity contribution is 7.99. The molecule has 4 rings (SSSR count). The molecule has 1 saturated heterocycles. The first-order valence-electron chi connectivity index (χ1n) is 12.5. The molecule has 3 N–H and O–H groups in total. The highest BCUT2D eigenvalue weighted by atomic mass is 32.2. The Morgan fingerprint density at radius 2 is 1.69 bits per heavy atom. The molecule has 0 saturated carbocycles. The van der Waals surface area contributed by atoms with Crippen LogP contribution in [0, 0.1) is 0 Å². The Balaban J connectivity index is 1.25. The van der Waals surface area contributed by atoms with Gasteiger partial charge in [0.15, 0.2) is 5.16 Å². The van der Waals surface area contributed by atoms with Crippen molar-refractivity contribution in [1.82, 2.24) is 19.8 Å². The predicted molar refractivity (Wildman–Crippen MR) is 145 cm³/mol. The maximum atomic E-state index is 13.0. The van der Waals surface area contributed by atoms with Gasteiger partial charge in [-0.1, -0.05) is 51.6 Å². The SMILES string of the molecule is CC(C)c1cc(O)cc(C(C)C)c1NC(=O)CN1CCN(CCSc2nc3ccccc3[nH]2)CC1. The van der Waals surface area contributed by atoms with Gasteiger partial charge in [-0.2, -0.15) is 0 Å². The Hall–Kier alpha value is -2.55. The number of thioether (sulfide) groups is 1. The number of imidazole rings is 1. The number of hydrogen-bond acceptors (Lipinski definition) is 6. The largest absolute Gasteiger partial charge is 0.508 e. The van der Waals surface area contributed by atoms with Crippen LogP contribution in [-0.4, -0.2) is 75.8 Å². The second-order valence-electron chi connectivity index (χ2n) is 9.88. The molecule has 0 atom stereocenters. The quantitative estimate of drug-likeness (QED) is 0.290. The fraction of sp³-hybridized carbons (Fsp3) is 0.481. The van der Waals surface area contributed by atoms with Gasteiger partial charge >= 0.3 is 0 Å². The molecule has 1 aromatic heterocycles. The van der Waals surface area contributed by atoms with E-state index < -0.39 is 0 Å². The lowest BCUT2D eigenvalue weighted by molar-refractivity contribution is -0.117. The number of aromatic amines is 1. The third kappa shape index (κ3) is 6.57. The van der Waals surface area contributed by atoms with Crippen molar-refractivity contribution in [2.45, 2.75) is 44.7 Å². The third-order valence-corrected chi connectivity index (χ3v) is 7.39. The lowest BCUT2D eigenvalue weighted by Gasteiger charge is -2.34. The molecule has 2 aromatic carbocycles. The number of hydrogen-bond donors (Lipinski definition) is 3. The van der Waals surface area contributed by atoms with Crippen LogP contribution in [-0.2, 0) is 4.79 Å². The van der Waals surface area contributed by atoms with Crippen molar-refractivity contribution in [2.75, 3.05) is 50.3 Å². The number of H-pyrrole nitrogens is 1. The number of nitrogens with zero attached hydrogens (tertiary/aromatic N) is 3. The lowest BCUT2D eigenvalue weighted by atomic mass is 9.92. The van der Waals surface area contributed by atoms with Crippen molar-refractivity contribution in [1.29, 1.82) is 0 Å². The number of para-hydroxylation sites is 2. The van der Waals surface area contributed by atoms with Gasteiger partial charge in [-0.25, -0.2) is 4.98 Å². The van der Waals surface area contributed by atoms with Crippen LogP contribution in [0.5, 0.6) is 5.75 Å². The molecule has 1 aliphatic rings. The zero-order valence-corrected chi connectivity index (χ0v) is 22.0. The summed E-state index contributed by atoms with van der Waals surface area (Å²) in [4.78, 5) is 25.6. The molecular formula is C27H37N5O2S. The average molecular weight is 496 g/mol. The highest BCUT2D eigenvalue weighted by Crippen LogP contribution is 2.36. The number of benzene rings is 2. The topological polar surface area (TPSA) is 84.5 Å². The van der Waals surface area contributed by atoms with Gasteiger partial charge in [0.05, 0.1) is 17.6 Å². The summed E-state index contributed by atoms with van der Waals surface area (Å²) in [6.45, 7) is 13.4. The zero-order valence-electron chi connectivity index (χ0n) is 21.2. The summed E-state index contributed by atoms with van der Waals surface area (Å²) in [7, 11) is 0. The molecule has 1 amide bonds. The van der Waals surface area contributed by atoms with Crippen molar-refractivity contribution in [3.8, 4) is 5.75 Å². The number of carbonyl (C=O) groups excluding carboxylic acids is 1. The third-order valence-electron chi connectivity index (χ3n) is 6.54. The van der Waals surface area contributed by atoms with E-state index in [2.05, 4.69) is 58.8 Å². The molecule has 0 unspecified atom stereocenters. The van der Waals surface area contributed by atoms with Crippen LogP contribution in [0.1, 0.15) is 50.7 Å². The summed E-state index contributed by atoms with van der Waals surface area (Å²) in [6, 6.07) is 11.7. The molecule has 1 aliphatic heterocycles.